The summed E-state index contributed by atoms with van der Waals surface area (Å²) in [6.45, 7) is 2.87. The molecule has 20 heavy (non-hydrogen) atoms. The van der Waals surface area contributed by atoms with Gasteiger partial charge in [0.2, 0.25) is 0 Å². The Morgan fingerprint density at radius 1 is 1.50 bits per heavy atom. The molecule has 1 aliphatic heterocycles. The Bertz CT molecular complexity index is 454. The van der Waals surface area contributed by atoms with E-state index in [2.05, 4.69) is 0 Å². The van der Waals surface area contributed by atoms with Gasteiger partial charge < -0.3 is 15.4 Å². The van der Waals surface area contributed by atoms with Crippen LogP contribution in [0.2, 0.25) is 0 Å². The number of carbonyl (C=O) groups excluding carboxylic acids is 1. The molecule has 0 spiro atoms. The molecular formula is C15H21FN2O2. The largest absolute Gasteiger partial charge is 0.445 e. The summed E-state index contributed by atoms with van der Waals surface area (Å²) in [7, 11) is 0. The minimum absolute atomic E-state index is 0.0569. The van der Waals surface area contributed by atoms with Crippen molar-refractivity contribution >= 4 is 6.09 Å². The van der Waals surface area contributed by atoms with Crippen molar-refractivity contribution in [3.8, 4) is 0 Å². The topological polar surface area (TPSA) is 55.6 Å². The van der Waals surface area contributed by atoms with Crippen molar-refractivity contribution in [3.63, 3.8) is 0 Å². The van der Waals surface area contributed by atoms with Crippen LogP contribution in [0, 0.1) is 5.41 Å². The maximum Gasteiger partial charge on any atom is 0.410 e. The number of nitrogens with zero attached hydrogens (tertiary/aromatic N) is 1. The van der Waals surface area contributed by atoms with Crippen LogP contribution >= 0.6 is 0 Å². The lowest BCUT2D eigenvalue weighted by molar-refractivity contribution is 0.0158. The van der Waals surface area contributed by atoms with E-state index in [-0.39, 0.29) is 13.2 Å². The molecule has 4 nitrogen and oxygen atoms in total. The summed E-state index contributed by atoms with van der Waals surface area (Å²) < 4.78 is 19.3. The smallest absolute Gasteiger partial charge is 0.410 e. The van der Waals surface area contributed by atoms with Gasteiger partial charge in [-0.3, -0.25) is 0 Å². The normalized spacial score (nSPS) is 26.4. The average molecular weight is 280 g/mol. The van der Waals surface area contributed by atoms with E-state index in [0.29, 0.717) is 19.5 Å². The minimum Gasteiger partial charge on any atom is -0.445 e. The molecule has 1 heterocycles. The summed E-state index contributed by atoms with van der Waals surface area (Å²) in [5.74, 6) is 0. The second kappa shape index (κ2) is 6.22. The second-order valence-electron chi connectivity index (χ2n) is 5.56. The molecule has 1 aliphatic rings. The first-order valence-electron chi connectivity index (χ1n) is 6.85. The number of benzene rings is 1. The average Bonchev–Trinajstić information content (AvgIpc) is 2.48. The Labute approximate surface area is 118 Å². The van der Waals surface area contributed by atoms with Crippen LogP contribution in [-0.4, -0.2) is 36.8 Å². The molecule has 0 saturated carbocycles. The van der Waals surface area contributed by atoms with Crippen molar-refractivity contribution in [1.82, 2.24) is 4.90 Å². The summed E-state index contributed by atoms with van der Waals surface area (Å²) in [4.78, 5) is 13.3. The van der Waals surface area contributed by atoms with Crippen molar-refractivity contribution in [3.05, 3.63) is 35.9 Å². The molecular weight excluding hydrogens is 259 g/mol. The molecule has 2 rings (SSSR count). The van der Waals surface area contributed by atoms with Gasteiger partial charge in [-0.25, -0.2) is 9.18 Å². The third kappa shape index (κ3) is 3.28. The van der Waals surface area contributed by atoms with E-state index in [1.54, 1.807) is 0 Å². The summed E-state index contributed by atoms with van der Waals surface area (Å²) in [6, 6.07) is 9.43. The zero-order valence-corrected chi connectivity index (χ0v) is 11.7. The van der Waals surface area contributed by atoms with Gasteiger partial charge in [0, 0.05) is 18.5 Å². The van der Waals surface area contributed by atoms with Crippen molar-refractivity contribution in [1.29, 1.82) is 0 Å². The number of rotatable bonds is 3. The zero-order valence-electron chi connectivity index (χ0n) is 11.7. The minimum atomic E-state index is -1.11. The summed E-state index contributed by atoms with van der Waals surface area (Å²) in [5.41, 5.74) is 6.00. The summed E-state index contributed by atoms with van der Waals surface area (Å²) >= 11 is 0. The van der Waals surface area contributed by atoms with Crippen molar-refractivity contribution < 1.29 is 13.9 Å². The standard InChI is InChI=1S/C15H21FN2O2/c1-15(11-17)7-8-18(9-13(15)16)14(19)20-10-12-5-3-2-4-6-12/h2-6,13H,7-11,17H2,1H3. The van der Waals surface area contributed by atoms with E-state index in [1.807, 2.05) is 37.3 Å². The number of amides is 1. The van der Waals surface area contributed by atoms with E-state index >= 15 is 0 Å². The number of ether oxygens (including phenoxy) is 1. The van der Waals surface area contributed by atoms with Crippen LogP contribution in [0.3, 0.4) is 0 Å². The Balaban J connectivity index is 1.85. The first kappa shape index (κ1) is 14.8. The van der Waals surface area contributed by atoms with Gasteiger partial charge in [0.1, 0.15) is 12.8 Å². The Morgan fingerprint density at radius 2 is 2.20 bits per heavy atom. The van der Waals surface area contributed by atoms with Crippen molar-refractivity contribution in [2.24, 2.45) is 11.1 Å². The number of likely N-dealkylation sites (tertiary alicyclic amines) is 1. The molecule has 1 aromatic carbocycles. The Morgan fingerprint density at radius 3 is 2.80 bits per heavy atom. The maximum absolute atomic E-state index is 14.1. The molecule has 1 saturated heterocycles. The Kier molecular flexibility index (Phi) is 4.60. The van der Waals surface area contributed by atoms with Crippen LogP contribution in [0.1, 0.15) is 18.9 Å². The molecule has 1 amide bonds. The SMILES string of the molecule is CC1(CN)CCN(C(=O)OCc2ccccc2)CC1F. The zero-order chi connectivity index (χ0) is 14.6. The van der Waals surface area contributed by atoms with Crippen molar-refractivity contribution in [2.45, 2.75) is 26.1 Å². The molecule has 5 heteroatoms. The fraction of sp³-hybridized carbons (Fsp3) is 0.533. The number of hydrogen-bond donors (Lipinski definition) is 1. The molecule has 0 bridgehead atoms. The fourth-order valence-electron chi connectivity index (χ4n) is 2.26. The van der Waals surface area contributed by atoms with Crippen LogP contribution in [-0.2, 0) is 11.3 Å². The molecule has 1 aromatic rings. The number of alkyl halides is 1. The molecule has 0 aliphatic carbocycles. The number of hydrogen-bond acceptors (Lipinski definition) is 3. The van der Waals surface area contributed by atoms with E-state index in [1.165, 1.54) is 4.90 Å². The quantitative estimate of drug-likeness (QED) is 0.924. The summed E-state index contributed by atoms with van der Waals surface area (Å²) in [5, 5.41) is 0. The molecule has 2 atom stereocenters. The maximum atomic E-state index is 14.1. The highest BCUT2D eigenvalue weighted by Gasteiger charge is 2.40. The number of nitrogens with two attached hydrogens (primary N) is 1. The van der Waals surface area contributed by atoms with E-state index in [0.717, 1.165) is 5.56 Å². The fourth-order valence-corrected chi connectivity index (χ4v) is 2.26. The number of halogens is 1. The van der Waals surface area contributed by atoms with Crippen molar-refractivity contribution in [2.75, 3.05) is 19.6 Å². The number of piperidine rings is 1. The van der Waals surface area contributed by atoms with Gasteiger partial charge in [0.15, 0.2) is 0 Å². The van der Waals surface area contributed by atoms with Crippen LogP contribution in [0.25, 0.3) is 0 Å². The molecule has 2 unspecified atom stereocenters. The third-order valence-electron chi connectivity index (χ3n) is 4.02. The van der Waals surface area contributed by atoms with Gasteiger partial charge in [0.05, 0.1) is 6.54 Å². The summed E-state index contributed by atoms with van der Waals surface area (Å²) in [6.07, 6.45) is -1.01. The molecule has 0 aromatic heterocycles. The molecule has 1 fully saturated rings. The first-order valence-corrected chi connectivity index (χ1v) is 6.85. The predicted octanol–water partition coefficient (Wildman–Crippen LogP) is 2.33. The third-order valence-corrected chi connectivity index (χ3v) is 4.02. The molecule has 110 valence electrons. The van der Waals surface area contributed by atoms with Gasteiger partial charge in [-0.15, -0.1) is 0 Å². The van der Waals surface area contributed by atoms with Gasteiger partial charge in [-0.1, -0.05) is 37.3 Å². The highest BCUT2D eigenvalue weighted by Crippen LogP contribution is 2.32. The van der Waals surface area contributed by atoms with E-state index in [4.69, 9.17) is 10.5 Å². The number of carbonyl (C=O) groups is 1. The lowest BCUT2D eigenvalue weighted by Gasteiger charge is -2.40. The second-order valence-corrected chi connectivity index (χ2v) is 5.56. The highest BCUT2D eigenvalue weighted by atomic mass is 19.1. The lowest BCUT2D eigenvalue weighted by Crippen LogP contribution is -2.52. The van der Waals surface area contributed by atoms with Crippen LogP contribution < -0.4 is 5.73 Å². The lowest BCUT2D eigenvalue weighted by atomic mass is 9.79. The van der Waals surface area contributed by atoms with E-state index in [9.17, 15) is 9.18 Å². The van der Waals surface area contributed by atoms with Gasteiger partial charge in [-0.05, 0) is 12.0 Å². The first-order chi connectivity index (χ1) is 9.55. The van der Waals surface area contributed by atoms with Crippen LogP contribution in [0.4, 0.5) is 9.18 Å². The molecule has 2 N–H and O–H groups in total. The van der Waals surface area contributed by atoms with E-state index < -0.39 is 17.7 Å². The van der Waals surface area contributed by atoms with Gasteiger partial charge in [0.25, 0.3) is 0 Å². The molecule has 0 radical (unpaired) electrons. The van der Waals surface area contributed by atoms with Crippen LogP contribution in [0.15, 0.2) is 30.3 Å². The van der Waals surface area contributed by atoms with Crippen LogP contribution in [0.5, 0.6) is 0 Å². The van der Waals surface area contributed by atoms with Gasteiger partial charge >= 0.3 is 6.09 Å². The highest BCUT2D eigenvalue weighted by molar-refractivity contribution is 5.67. The predicted molar refractivity (Wildman–Crippen MR) is 74.9 cm³/mol. The Hall–Kier alpha value is -1.62. The van der Waals surface area contributed by atoms with Gasteiger partial charge in [-0.2, -0.15) is 0 Å². The monoisotopic (exact) mass is 280 g/mol.